The van der Waals surface area contributed by atoms with E-state index in [2.05, 4.69) is 10.3 Å². The van der Waals surface area contributed by atoms with E-state index in [0.717, 1.165) is 19.3 Å². The fraction of sp³-hybridized carbons (Fsp3) is 0.600. The van der Waals surface area contributed by atoms with Crippen LogP contribution in [0.4, 0.5) is 10.2 Å². The summed E-state index contributed by atoms with van der Waals surface area (Å²) in [5.74, 6) is -0.681. The van der Waals surface area contributed by atoms with Gasteiger partial charge in [0.05, 0.1) is 24.3 Å². The number of rotatable bonds is 3. The summed E-state index contributed by atoms with van der Waals surface area (Å²) in [6.45, 7) is 3.47. The van der Waals surface area contributed by atoms with E-state index >= 15 is 0 Å². The standard InChI is InChI=1S/C15H20FN3O2/c1-2-17-14-13(16)10(6-7-18-14)15(20)19-8-9-21-12-5-3-4-11(12)19/h6-7,11-12H,2-5,8-9H2,1H3,(H,17,18). The predicted octanol–water partition coefficient (Wildman–Crippen LogP) is 2.05. The molecule has 5 nitrogen and oxygen atoms in total. The van der Waals surface area contributed by atoms with Crippen LogP contribution < -0.4 is 5.32 Å². The topological polar surface area (TPSA) is 54.5 Å². The highest BCUT2D eigenvalue weighted by molar-refractivity contribution is 5.95. The molecule has 1 aromatic heterocycles. The van der Waals surface area contributed by atoms with Gasteiger partial charge >= 0.3 is 0 Å². The first-order valence-electron chi connectivity index (χ1n) is 7.53. The molecule has 1 saturated carbocycles. The second kappa shape index (κ2) is 5.97. The van der Waals surface area contributed by atoms with E-state index in [1.54, 1.807) is 4.90 Å². The third kappa shape index (κ3) is 2.60. The Bertz CT molecular complexity index is 538. The van der Waals surface area contributed by atoms with Gasteiger partial charge in [0.15, 0.2) is 11.6 Å². The number of hydrogen-bond donors (Lipinski definition) is 1. The summed E-state index contributed by atoms with van der Waals surface area (Å²) in [4.78, 5) is 18.4. The lowest BCUT2D eigenvalue weighted by molar-refractivity contribution is -0.0446. The van der Waals surface area contributed by atoms with Crippen LogP contribution in [0.2, 0.25) is 0 Å². The molecule has 0 spiro atoms. The summed E-state index contributed by atoms with van der Waals surface area (Å²) in [5.41, 5.74) is 0.0912. The third-order valence-electron chi connectivity index (χ3n) is 4.21. The van der Waals surface area contributed by atoms with Gasteiger partial charge in [0.1, 0.15) is 0 Å². The number of ether oxygens (including phenoxy) is 1. The first-order valence-corrected chi connectivity index (χ1v) is 7.53. The Labute approximate surface area is 123 Å². The summed E-state index contributed by atoms with van der Waals surface area (Å²) in [7, 11) is 0. The monoisotopic (exact) mass is 293 g/mol. The van der Waals surface area contributed by atoms with E-state index in [1.807, 2.05) is 6.92 Å². The van der Waals surface area contributed by atoms with Gasteiger partial charge in [-0.15, -0.1) is 0 Å². The highest BCUT2D eigenvalue weighted by atomic mass is 19.1. The molecule has 1 aliphatic carbocycles. The second-order valence-electron chi connectivity index (χ2n) is 5.46. The second-order valence-corrected chi connectivity index (χ2v) is 5.46. The van der Waals surface area contributed by atoms with Gasteiger partial charge in [0, 0.05) is 19.3 Å². The molecule has 0 aromatic carbocycles. The molecule has 2 atom stereocenters. The van der Waals surface area contributed by atoms with Gasteiger partial charge in [-0.3, -0.25) is 4.79 Å². The molecule has 21 heavy (non-hydrogen) atoms. The Morgan fingerprint density at radius 2 is 2.43 bits per heavy atom. The number of pyridine rings is 1. The number of anilines is 1. The summed E-state index contributed by atoms with van der Waals surface area (Å²) in [6.07, 6.45) is 4.56. The average Bonchev–Trinajstić information content (AvgIpc) is 2.97. The summed E-state index contributed by atoms with van der Waals surface area (Å²) in [5, 5.41) is 2.84. The number of hydrogen-bond acceptors (Lipinski definition) is 4. The molecule has 1 N–H and O–H groups in total. The smallest absolute Gasteiger partial charge is 0.257 e. The van der Waals surface area contributed by atoms with Crippen molar-refractivity contribution in [1.29, 1.82) is 0 Å². The minimum absolute atomic E-state index is 0.0846. The number of fused-ring (bicyclic) bond motifs is 1. The predicted molar refractivity (Wildman–Crippen MR) is 76.8 cm³/mol. The molecular weight excluding hydrogens is 273 g/mol. The van der Waals surface area contributed by atoms with Crippen LogP contribution in [0, 0.1) is 5.82 Å². The number of morpholine rings is 1. The molecule has 3 rings (SSSR count). The fourth-order valence-electron chi connectivity index (χ4n) is 3.23. The Morgan fingerprint density at radius 1 is 1.57 bits per heavy atom. The van der Waals surface area contributed by atoms with Crippen LogP contribution in [0.25, 0.3) is 0 Å². The number of halogens is 1. The SMILES string of the molecule is CCNc1nccc(C(=O)N2CCOC3CCCC32)c1F. The molecular formula is C15H20FN3O2. The van der Waals surface area contributed by atoms with E-state index < -0.39 is 5.82 Å². The van der Waals surface area contributed by atoms with E-state index in [4.69, 9.17) is 4.74 Å². The van der Waals surface area contributed by atoms with Crippen LogP contribution in [0.15, 0.2) is 12.3 Å². The first kappa shape index (κ1) is 14.3. The molecule has 2 fully saturated rings. The lowest BCUT2D eigenvalue weighted by atomic mass is 10.1. The molecule has 0 radical (unpaired) electrons. The van der Waals surface area contributed by atoms with E-state index in [1.165, 1.54) is 12.3 Å². The molecule has 114 valence electrons. The molecule has 2 unspecified atom stereocenters. The number of nitrogens with one attached hydrogen (secondary N) is 1. The third-order valence-corrected chi connectivity index (χ3v) is 4.21. The Morgan fingerprint density at radius 3 is 3.24 bits per heavy atom. The first-order chi connectivity index (χ1) is 10.2. The molecule has 1 amide bonds. The van der Waals surface area contributed by atoms with Crippen LogP contribution in [0.1, 0.15) is 36.5 Å². The van der Waals surface area contributed by atoms with Gasteiger partial charge in [-0.1, -0.05) is 0 Å². The number of carbonyl (C=O) groups excluding carboxylic acids is 1. The number of carbonyl (C=O) groups is 1. The maximum Gasteiger partial charge on any atom is 0.257 e. The van der Waals surface area contributed by atoms with Crippen molar-refractivity contribution in [2.24, 2.45) is 0 Å². The van der Waals surface area contributed by atoms with Crippen molar-refractivity contribution in [1.82, 2.24) is 9.88 Å². The molecule has 1 saturated heterocycles. The van der Waals surface area contributed by atoms with Crippen molar-refractivity contribution in [2.75, 3.05) is 25.0 Å². The quantitative estimate of drug-likeness (QED) is 0.926. The minimum Gasteiger partial charge on any atom is -0.374 e. The van der Waals surface area contributed by atoms with Crippen LogP contribution in [-0.2, 0) is 4.74 Å². The Hall–Kier alpha value is -1.69. The largest absolute Gasteiger partial charge is 0.374 e. The number of aromatic nitrogens is 1. The van der Waals surface area contributed by atoms with Crippen LogP contribution >= 0.6 is 0 Å². The molecule has 6 heteroatoms. The Kier molecular flexibility index (Phi) is 4.05. The van der Waals surface area contributed by atoms with Crippen molar-refractivity contribution < 1.29 is 13.9 Å². The van der Waals surface area contributed by atoms with Gasteiger partial charge in [-0.05, 0) is 32.3 Å². The Balaban J connectivity index is 1.86. The van der Waals surface area contributed by atoms with Crippen LogP contribution in [-0.4, -0.2) is 47.6 Å². The zero-order valence-electron chi connectivity index (χ0n) is 12.1. The van der Waals surface area contributed by atoms with Gasteiger partial charge in [0.25, 0.3) is 5.91 Å². The summed E-state index contributed by atoms with van der Waals surface area (Å²) in [6, 6.07) is 1.54. The summed E-state index contributed by atoms with van der Waals surface area (Å²) < 4.78 is 20.1. The van der Waals surface area contributed by atoms with Gasteiger partial charge in [-0.25, -0.2) is 9.37 Å². The molecule has 2 aliphatic rings. The average molecular weight is 293 g/mol. The molecule has 2 heterocycles. The number of nitrogens with zero attached hydrogens (tertiary/aromatic N) is 2. The minimum atomic E-state index is -0.564. The van der Waals surface area contributed by atoms with E-state index in [-0.39, 0.29) is 29.4 Å². The maximum absolute atomic E-state index is 14.4. The zero-order chi connectivity index (χ0) is 14.8. The molecule has 1 aliphatic heterocycles. The van der Waals surface area contributed by atoms with Crippen molar-refractivity contribution in [3.8, 4) is 0 Å². The summed E-state index contributed by atoms with van der Waals surface area (Å²) >= 11 is 0. The van der Waals surface area contributed by atoms with Crippen molar-refractivity contribution in [3.63, 3.8) is 0 Å². The lowest BCUT2D eigenvalue weighted by Crippen LogP contribution is -2.51. The van der Waals surface area contributed by atoms with Gasteiger partial charge in [-0.2, -0.15) is 0 Å². The zero-order valence-corrected chi connectivity index (χ0v) is 12.1. The van der Waals surface area contributed by atoms with Gasteiger partial charge in [0.2, 0.25) is 0 Å². The van der Waals surface area contributed by atoms with Gasteiger partial charge < -0.3 is 15.0 Å². The van der Waals surface area contributed by atoms with Crippen molar-refractivity contribution >= 4 is 11.7 Å². The lowest BCUT2D eigenvalue weighted by Gasteiger charge is -2.37. The van der Waals surface area contributed by atoms with Crippen LogP contribution in [0.3, 0.4) is 0 Å². The van der Waals surface area contributed by atoms with E-state index in [0.29, 0.717) is 19.7 Å². The highest BCUT2D eigenvalue weighted by Crippen LogP contribution is 2.31. The number of amides is 1. The molecule has 0 bridgehead atoms. The van der Waals surface area contributed by atoms with Crippen molar-refractivity contribution in [3.05, 3.63) is 23.6 Å². The normalized spacial score (nSPS) is 24.8. The van der Waals surface area contributed by atoms with Crippen molar-refractivity contribution in [2.45, 2.75) is 38.3 Å². The van der Waals surface area contributed by atoms with Crippen LogP contribution in [0.5, 0.6) is 0 Å². The fourth-order valence-corrected chi connectivity index (χ4v) is 3.23. The highest BCUT2D eigenvalue weighted by Gasteiger charge is 2.39. The van der Waals surface area contributed by atoms with E-state index in [9.17, 15) is 9.18 Å². The maximum atomic E-state index is 14.4. The molecule has 1 aromatic rings.